The summed E-state index contributed by atoms with van der Waals surface area (Å²) in [4.78, 5) is 10.4. The van der Waals surface area contributed by atoms with E-state index in [1.807, 2.05) is 0 Å². The Morgan fingerprint density at radius 2 is 1.50 bits per heavy atom. The second-order valence-electron chi connectivity index (χ2n) is 3.83. The summed E-state index contributed by atoms with van der Waals surface area (Å²) in [5.74, 6) is -11.6. The normalized spacial score (nSPS) is 12.5. The molecule has 0 aliphatic rings. The summed E-state index contributed by atoms with van der Waals surface area (Å²) in [5, 5.41) is 8.49. The number of hydrogen-bond donors (Lipinski definition) is 2. The fourth-order valence-corrected chi connectivity index (χ4v) is 2.31. The van der Waals surface area contributed by atoms with Gasteiger partial charge >= 0.3 is 5.97 Å². The number of hydrogen-bond acceptors (Lipinski definition) is 3. The van der Waals surface area contributed by atoms with Crippen LogP contribution in [0.3, 0.4) is 0 Å². The highest BCUT2D eigenvalue weighted by Crippen LogP contribution is 2.26. The van der Waals surface area contributed by atoms with E-state index < -0.39 is 52.4 Å². The molecule has 1 aromatic carbocycles. The minimum Gasteiger partial charge on any atom is -0.480 e. The van der Waals surface area contributed by atoms with Gasteiger partial charge in [-0.25, -0.2) is 22.0 Å². The number of carbonyl (C=O) groups is 1. The van der Waals surface area contributed by atoms with Crippen molar-refractivity contribution in [2.45, 2.75) is 18.2 Å². The molecule has 0 amide bonds. The van der Waals surface area contributed by atoms with Gasteiger partial charge in [-0.05, 0) is 12.2 Å². The van der Waals surface area contributed by atoms with Gasteiger partial charge in [0.05, 0.1) is 0 Å². The Balaban J connectivity index is 2.72. The Labute approximate surface area is 115 Å². The molecule has 0 bridgehead atoms. The molecule has 0 heterocycles. The summed E-state index contributed by atoms with van der Waals surface area (Å²) in [6, 6.07) is -1.14. The van der Waals surface area contributed by atoms with Crippen LogP contribution in [-0.2, 0) is 10.5 Å². The third kappa shape index (κ3) is 3.60. The van der Waals surface area contributed by atoms with Crippen LogP contribution >= 0.6 is 11.8 Å². The van der Waals surface area contributed by atoms with Crippen LogP contribution in [0.4, 0.5) is 22.0 Å². The molecule has 0 aliphatic heterocycles. The molecule has 0 spiro atoms. The molecule has 112 valence electrons. The maximum Gasteiger partial charge on any atom is 0.320 e. The minimum absolute atomic E-state index is 0.00932. The number of aliphatic carboxylic acids is 1. The monoisotopic (exact) mass is 315 g/mol. The number of carboxylic acids is 1. The molecule has 1 rings (SSSR count). The molecule has 3 N–H and O–H groups in total. The van der Waals surface area contributed by atoms with Gasteiger partial charge in [0.1, 0.15) is 6.04 Å². The SMILES string of the molecule is NC(CCSCc1c(F)c(F)c(F)c(F)c1F)C(=O)O. The van der Waals surface area contributed by atoms with Crippen LogP contribution in [0, 0.1) is 29.1 Å². The molecule has 0 fully saturated rings. The topological polar surface area (TPSA) is 63.3 Å². The summed E-state index contributed by atoms with van der Waals surface area (Å²) < 4.78 is 65.0. The van der Waals surface area contributed by atoms with Crippen LogP contribution < -0.4 is 5.73 Å². The molecule has 1 unspecified atom stereocenters. The van der Waals surface area contributed by atoms with E-state index in [1.54, 1.807) is 0 Å². The van der Waals surface area contributed by atoms with Gasteiger partial charge in [0.25, 0.3) is 0 Å². The van der Waals surface area contributed by atoms with Gasteiger partial charge in [0, 0.05) is 11.3 Å². The van der Waals surface area contributed by atoms with Crippen molar-refractivity contribution < 1.29 is 31.9 Å². The minimum atomic E-state index is -2.21. The van der Waals surface area contributed by atoms with Crippen LogP contribution in [0.5, 0.6) is 0 Å². The van der Waals surface area contributed by atoms with Crippen molar-refractivity contribution in [2.24, 2.45) is 5.73 Å². The van der Waals surface area contributed by atoms with E-state index in [2.05, 4.69) is 0 Å². The number of carboxylic acid groups (broad SMARTS) is 1. The first-order valence-electron chi connectivity index (χ1n) is 5.33. The summed E-state index contributed by atoms with van der Waals surface area (Å²) >= 11 is 0.825. The molecular formula is C11H10F5NO2S. The molecular weight excluding hydrogens is 305 g/mol. The first-order chi connectivity index (χ1) is 9.27. The van der Waals surface area contributed by atoms with Crippen molar-refractivity contribution in [2.75, 3.05) is 5.75 Å². The highest BCUT2D eigenvalue weighted by molar-refractivity contribution is 7.98. The third-order valence-electron chi connectivity index (χ3n) is 2.44. The zero-order valence-electron chi connectivity index (χ0n) is 9.93. The zero-order chi connectivity index (χ0) is 15.4. The Kier molecular flexibility index (Phi) is 5.75. The lowest BCUT2D eigenvalue weighted by atomic mass is 10.2. The molecule has 1 aromatic rings. The largest absolute Gasteiger partial charge is 0.480 e. The maximum absolute atomic E-state index is 13.3. The first-order valence-corrected chi connectivity index (χ1v) is 6.49. The Morgan fingerprint density at radius 1 is 1.05 bits per heavy atom. The van der Waals surface area contributed by atoms with E-state index in [4.69, 9.17) is 10.8 Å². The molecule has 3 nitrogen and oxygen atoms in total. The molecule has 0 saturated carbocycles. The smallest absolute Gasteiger partial charge is 0.320 e. The van der Waals surface area contributed by atoms with E-state index in [9.17, 15) is 26.7 Å². The highest BCUT2D eigenvalue weighted by Gasteiger charge is 2.25. The summed E-state index contributed by atoms with van der Waals surface area (Å²) in [7, 11) is 0. The van der Waals surface area contributed by atoms with Gasteiger partial charge in [-0.2, -0.15) is 11.8 Å². The molecule has 0 aromatic heterocycles. The van der Waals surface area contributed by atoms with Gasteiger partial charge < -0.3 is 10.8 Å². The van der Waals surface area contributed by atoms with E-state index in [0.29, 0.717) is 0 Å². The lowest BCUT2D eigenvalue weighted by molar-refractivity contribution is -0.138. The molecule has 20 heavy (non-hydrogen) atoms. The van der Waals surface area contributed by atoms with Crippen molar-refractivity contribution >= 4 is 17.7 Å². The number of thioether (sulfide) groups is 1. The standard InChI is InChI=1S/C11H10F5NO2S/c12-6-4(3-20-2-1-5(17)11(18)19)7(13)9(15)10(16)8(6)14/h5H,1-3,17H2,(H,18,19). The number of rotatable bonds is 6. The number of halogens is 5. The average molecular weight is 315 g/mol. The van der Waals surface area contributed by atoms with Crippen molar-refractivity contribution in [1.82, 2.24) is 0 Å². The second-order valence-corrected chi connectivity index (χ2v) is 4.94. The van der Waals surface area contributed by atoms with Crippen molar-refractivity contribution in [3.05, 3.63) is 34.6 Å². The Bertz CT molecular complexity index is 497. The summed E-state index contributed by atoms with van der Waals surface area (Å²) in [5.41, 5.74) is 4.26. The van der Waals surface area contributed by atoms with Crippen molar-refractivity contribution in [3.8, 4) is 0 Å². The van der Waals surface area contributed by atoms with Crippen LogP contribution in [0.1, 0.15) is 12.0 Å². The van der Waals surface area contributed by atoms with Crippen LogP contribution in [0.25, 0.3) is 0 Å². The van der Waals surface area contributed by atoms with Crippen molar-refractivity contribution in [3.63, 3.8) is 0 Å². The lowest BCUT2D eigenvalue weighted by Gasteiger charge is -2.09. The number of benzene rings is 1. The van der Waals surface area contributed by atoms with E-state index >= 15 is 0 Å². The van der Waals surface area contributed by atoms with Crippen LogP contribution in [0.15, 0.2) is 0 Å². The molecule has 0 saturated heterocycles. The Morgan fingerprint density at radius 3 is 1.95 bits per heavy atom. The fraction of sp³-hybridized carbons (Fsp3) is 0.364. The van der Waals surface area contributed by atoms with E-state index in [0.717, 1.165) is 11.8 Å². The molecule has 1 atom stereocenters. The fourth-order valence-electron chi connectivity index (χ4n) is 1.29. The first kappa shape index (κ1) is 16.7. The third-order valence-corrected chi connectivity index (χ3v) is 3.45. The van der Waals surface area contributed by atoms with Gasteiger partial charge in [-0.15, -0.1) is 0 Å². The number of nitrogens with two attached hydrogens (primary N) is 1. The maximum atomic E-state index is 13.3. The lowest BCUT2D eigenvalue weighted by Crippen LogP contribution is -2.30. The highest BCUT2D eigenvalue weighted by atomic mass is 32.2. The summed E-state index contributed by atoms with van der Waals surface area (Å²) in [6.07, 6.45) is 0.00932. The van der Waals surface area contributed by atoms with Gasteiger partial charge in [-0.3, -0.25) is 4.79 Å². The molecule has 0 radical (unpaired) electrons. The quantitative estimate of drug-likeness (QED) is 0.366. The predicted molar refractivity (Wildman–Crippen MR) is 62.6 cm³/mol. The predicted octanol–water partition coefficient (Wildman–Crippen LogP) is 2.42. The van der Waals surface area contributed by atoms with Crippen LogP contribution in [-0.4, -0.2) is 22.9 Å². The molecule has 9 heteroatoms. The summed E-state index contributed by atoms with van der Waals surface area (Å²) in [6.45, 7) is 0. The zero-order valence-corrected chi connectivity index (χ0v) is 10.7. The van der Waals surface area contributed by atoms with Crippen molar-refractivity contribution in [1.29, 1.82) is 0 Å². The van der Waals surface area contributed by atoms with E-state index in [-0.39, 0.29) is 12.2 Å². The van der Waals surface area contributed by atoms with Gasteiger partial charge in [0.2, 0.25) is 5.82 Å². The van der Waals surface area contributed by atoms with Gasteiger partial charge in [-0.1, -0.05) is 0 Å². The van der Waals surface area contributed by atoms with Crippen LogP contribution in [0.2, 0.25) is 0 Å². The van der Waals surface area contributed by atoms with E-state index in [1.165, 1.54) is 0 Å². The van der Waals surface area contributed by atoms with Gasteiger partial charge in [0.15, 0.2) is 23.3 Å². The Hall–Kier alpha value is -1.35. The second kappa shape index (κ2) is 6.89. The molecule has 0 aliphatic carbocycles. The average Bonchev–Trinajstić information content (AvgIpc) is 2.41.